The van der Waals surface area contributed by atoms with Crippen molar-refractivity contribution >= 4 is 11.6 Å². The average molecular weight is 439 g/mol. The third kappa shape index (κ3) is 3.63. The minimum absolute atomic E-state index is 0.165. The first-order valence-corrected chi connectivity index (χ1v) is 12.1. The second-order valence-corrected chi connectivity index (χ2v) is 9.71. The van der Waals surface area contributed by atoms with Crippen LogP contribution in [0.4, 0.5) is 5.69 Å². The molecule has 3 aliphatic heterocycles. The fraction of sp³-hybridized carbons (Fsp3) is 0.345. The van der Waals surface area contributed by atoms with Gasteiger partial charge in [0.1, 0.15) is 5.75 Å². The zero-order valence-corrected chi connectivity index (χ0v) is 18.9. The molecule has 1 unspecified atom stereocenters. The summed E-state index contributed by atoms with van der Waals surface area (Å²) in [5.74, 6) is 1.52. The summed E-state index contributed by atoms with van der Waals surface area (Å²) >= 11 is 0. The highest BCUT2D eigenvalue weighted by Crippen LogP contribution is 2.48. The topological polar surface area (TPSA) is 41.6 Å². The fourth-order valence-electron chi connectivity index (χ4n) is 6.10. The standard InChI is InChI=1S/C29H30N2O2/c32-28-29(19-22-6-2-1-3-7-22,25-8-4-5-9-26(25)30-28)24-13-16-31(20-24)15-12-21-10-11-27-23(18-21)14-17-33-27/h1-11,18,24H,12-17,19-20H2,(H,30,32)/t24-,29?/m1/s1. The Bertz CT molecular complexity index is 1180. The van der Waals surface area contributed by atoms with Gasteiger partial charge in [-0.05, 0) is 66.1 Å². The van der Waals surface area contributed by atoms with Crippen molar-refractivity contribution in [3.63, 3.8) is 0 Å². The van der Waals surface area contributed by atoms with Crippen molar-refractivity contribution in [1.82, 2.24) is 4.90 Å². The van der Waals surface area contributed by atoms with Gasteiger partial charge in [0.2, 0.25) is 5.91 Å². The van der Waals surface area contributed by atoms with Crippen LogP contribution >= 0.6 is 0 Å². The van der Waals surface area contributed by atoms with Gasteiger partial charge in [0.25, 0.3) is 0 Å². The van der Waals surface area contributed by atoms with Crippen LogP contribution in [-0.2, 0) is 29.5 Å². The van der Waals surface area contributed by atoms with E-state index in [2.05, 4.69) is 64.8 Å². The summed E-state index contributed by atoms with van der Waals surface area (Å²) in [5.41, 5.74) is 5.60. The average Bonchev–Trinajstić information content (AvgIpc) is 3.57. The summed E-state index contributed by atoms with van der Waals surface area (Å²) in [7, 11) is 0. The zero-order valence-electron chi connectivity index (χ0n) is 18.9. The van der Waals surface area contributed by atoms with Crippen LogP contribution in [0.5, 0.6) is 5.75 Å². The third-order valence-corrected chi connectivity index (χ3v) is 7.83. The molecule has 3 aliphatic rings. The zero-order chi connectivity index (χ0) is 22.3. The molecule has 4 heteroatoms. The van der Waals surface area contributed by atoms with Crippen molar-refractivity contribution in [2.75, 3.05) is 31.6 Å². The Balaban J connectivity index is 1.23. The Kier molecular flexibility index (Phi) is 5.18. The van der Waals surface area contributed by atoms with Gasteiger partial charge in [-0.1, -0.05) is 60.7 Å². The summed E-state index contributed by atoms with van der Waals surface area (Å²) in [5, 5.41) is 3.21. The second-order valence-electron chi connectivity index (χ2n) is 9.71. The highest BCUT2D eigenvalue weighted by atomic mass is 16.5. The van der Waals surface area contributed by atoms with Crippen LogP contribution in [-0.4, -0.2) is 37.0 Å². The number of nitrogens with one attached hydrogen (secondary N) is 1. The van der Waals surface area contributed by atoms with E-state index in [4.69, 9.17) is 4.74 Å². The quantitative estimate of drug-likeness (QED) is 0.611. The highest BCUT2D eigenvalue weighted by molar-refractivity contribution is 6.06. The van der Waals surface area contributed by atoms with Gasteiger partial charge in [0.15, 0.2) is 0 Å². The maximum atomic E-state index is 13.6. The number of hydrogen-bond donors (Lipinski definition) is 1. The number of anilines is 1. The summed E-state index contributed by atoms with van der Waals surface area (Å²) in [4.78, 5) is 16.1. The fourth-order valence-corrected chi connectivity index (χ4v) is 6.10. The summed E-state index contributed by atoms with van der Waals surface area (Å²) in [6.45, 7) is 3.84. The number of benzene rings is 3. The molecule has 3 aromatic rings. The summed E-state index contributed by atoms with van der Waals surface area (Å²) in [6.07, 6.45) is 3.85. The Morgan fingerprint density at radius 3 is 2.76 bits per heavy atom. The number of hydrogen-bond acceptors (Lipinski definition) is 3. The smallest absolute Gasteiger partial charge is 0.235 e. The van der Waals surface area contributed by atoms with Crippen LogP contribution in [0.15, 0.2) is 72.8 Å². The molecule has 1 fully saturated rings. The van der Waals surface area contributed by atoms with E-state index in [0.29, 0.717) is 5.92 Å². The lowest BCUT2D eigenvalue weighted by molar-refractivity contribution is -0.122. The molecule has 33 heavy (non-hydrogen) atoms. The molecule has 3 heterocycles. The molecule has 0 spiro atoms. The number of nitrogens with zero attached hydrogens (tertiary/aromatic N) is 1. The molecule has 0 bridgehead atoms. The highest BCUT2D eigenvalue weighted by Gasteiger charge is 2.53. The van der Waals surface area contributed by atoms with Gasteiger partial charge in [-0.3, -0.25) is 4.79 Å². The molecule has 0 aliphatic carbocycles. The third-order valence-electron chi connectivity index (χ3n) is 7.83. The first kappa shape index (κ1) is 20.5. The molecule has 6 rings (SSSR count). The van der Waals surface area contributed by atoms with Crippen LogP contribution < -0.4 is 10.1 Å². The van der Waals surface area contributed by atoms with Crippen LogP contribution in [0.3, 0.4) is 0 Å². The molecule has 0 saturated carbocycles. The van der Waals surface area contributed by atoms with E-state index in [9.17, 15) is 4.79 Å². The van der Waals surface area contributed by atoms with Crippen molar-refractivity contribution in [3.05, 3.63) is 95.1 Å². The van der Waals surface area contributed by atoms with E-state index in [1.54, 1.807) is 0 Å². The second kappa shape index (κ2) is 8.35. The number of ether oxygens (including phenoxy) is 1. The molecule has 1 amide bonds. The minimum Gasteiger partial charge on any atom is -0.493 e. The van der Waals surface area contributed by atoms with Gasteiger partial charge >= 0.3 is 0 Å². The monoisotopic (exact) mass is 438 g/mol. The Morgan fingerprint density at radius 2 is 1.85 bits per heavy atom. The number of amides is 1. The largest absolute Gasteiger partial charge is 0.493 e. The molecule has 4 nitrogen and oxygen atoms in total. The molecule has 2 atom stereocenters. The van der Waals surface area contributed by atoms with Gasteiger partial charge in [-0.25, -0.2) is 0 Å². The number of fused-ring (bicyclic) bond motifs is 2. The van der Waals surface area contributed by atoms with Gasteiger partial charge < -0.3 is 15.0 Å². The predicted octanol–water partition coefficient (Wildman–Crippen LogP) is 4.62. The molecule has 3 aromatic carbocycles. The normalized spacial score (nSPS) is 23.8. The van der Waals surface area contributed by atoms with Crippen molar-refractivity contribution in [1.29, 1.82) is 0 Å². The molecule has 1 N–H and O–H groups in total. The lowest BCUT2D eigenvalue weighted by atomic mass is 9.67. The summed E-state index contributed by atoms with van der Waals surface area (Å²) < 4.78 is 5.65. The Morgan fingerprint density at radius 1 is 1.00 bits per heavy atom. The molecular formula is C29H30N2O2. The first-order valence-electron chi connectivity index (χ1n) is 12.1. The van der Waals surface area contributed by atoms with E-state index < -0.39 is 5.41 Å². The lowest BCUT2D eigenvalue weighted by Gasteiger charge is -2.34. The van der Waals surface area contributed by atoms with Gasteiger partial charge in [0.05, 0.1) is 12.0 Å². The van der Waals surface area contributed by atoms with Gasteiger partial charge in [-0.15, -0.1) is 0 Å². The van der Waals surface area contributed by atoms with Crippen LogP contribution in [0.1, 0.15) is 28.7 Å². The molecule has 0 aromatic heterocycles. The Labute approximate surface area is 195 Å². The SMILES string of the molecule is O=C1Nc2ccccc2C1(Cc1ccccc1)[C@@H]1CCN(CCc2ccc3c(c2)CCO3)C1. The van der Waals surface area contributed by atoms with Crippen molar-refractivity contribution in [2.45, 2.75) is 31.1 Å². The van der Waals surface area contributed by atoms with Crippen molar-refractivity contribution in [3.8, 4) is 5.75 Å². The predicted molar refractivity (Wildman–Crippen MR) is 131 cm³/mol. The van der Waals surface area contributed by atoms with Crippen molar-refractivity contribution in [2.24, 2.45) is 5.92 Å². The van der Waals surface area contributed by atoms with E-state index in [1.807, 2.05) is 18.2 Å². The molecule has 1 saturated heterocycles. The van der Waals surface area contributed by atoms with E-state index in [1.165, 1.54) is 22.3 Å². The molecule has 0 radical (unpaired) electrons. The molecule has 168 valence electrons. The van der Waals surface area contributed by atoms with Crippen LogP contribution in [0, 0.1) is 5.92 Å². The number of para-hydroxylation sites is 1. The van der Waals surface area contributed by atoms with Gasteiger partial charge in [-0.2, -0.15) is 0 Å². The van der Waals surface area contributed by atoms with Crippen LogP contribution in [0.2, 0.25) is 0 Å². The maximum Gasteiger partial charge on any atom is 0.235 e. The van der Waals surface area contributed by atoms with E-state index in [-0.39, 0.29) is 5.91 Å². The van der Waals surface area contributed by atoms with Crippen molar-refractivity contribution < 1.29 is 9.53 Å². The number of rotatable bonds is 6. The van der Waals surface area contributed by atoms with Gasteiger partial charge in [0, 0.05) is 25.2 Å². The lowest BCUT2D eigenvalue weighted by Crippen LogP contribution is -2.45. The minimum atomic E-state index is -0.502. The van der Waals surface area contributed by atoms with Crippen LogP contribution in [0.25, 0.3) is 0 Å². The summed E-state index contributed by atoms with van der Waals surface area (Å²) in [6, 6.07) is 25.4. The number of carbonyl (C=O) groups excluding carboxylic acids is 1. The number of likely N-dealkylation sites (tertiary alicyclic amines) is 1. The maximum absolute atomic E-state index is 13.6. The number of carbonyl (C=O) groups is 1. The van der Waals surface area contributed by atoms with E-state index in [0.717, 1.165) is 63.4 Å². The first-order chi connectivity index (χ1) is 16.2. The Hall–Kier alpha value is -3.11. The van der Waals surface area contributed by atoms with E-state index >= 15 is 0 Å². The molecular weight excluding hydrogens is 408 g/mol.